The molecule has 0 bridgehead atoms. The molecule has 0 fully saturated rings. The summed E-state index contributed by atoms with van der Waals surface area (Å²) < 4.78 is 1.76. The smallest absolute Gasteiger partial charge is 0.113 e. The Balaban J connectivity index is 2.06. The van der Waals surface area contributed by atoms with E-state index < -0.39 is 0 Å². The highest BCUT2D eigenvalue weighted by atomic mass is 15.3. The molecule has 0 atom stereocenters. The lowest BCUT2D eigenvalue weighted by atomic mass is 10.3. The molecular weight excluding hydrogens is 200 g/mol. The summed E-state index contributed by atoms with van der Waals surface area (Å²) in [7, 11) is 0. The molecule has 16 heavy (non-hydrogen) atoms. The fraction of sp³-hybridized carbons (Fsp3) is 0.167. The first kappa shape index (κ1) is 10.4. The van der Waals surface area contributed by atoms with Crippen molar-refractivity contribution in [1.82, 2.24) is 14.8 Å². The largest absolute Gasteiger partial charge is 0.325 e. The maximum atomic E-state index is 5.50. The molecule has 0 spiro atoms. The van der Waals surface area contributed by atoms with Gasteiger partial charge in [0, 0.05) is 18.9 Å². The molecule has 0 unspecified atom stereocenters. The van der Waals surface area contributed by atoms with Crippen molar-refractivity contribution in [2.45, 2.75) is 13.1 Å². The Morgan fingerprint density at radius 1 is 1.31 bits per heavy atom. The zero-order valence-corrected chi connectivity index (χ0v) is 8.80. The molecule has 80 valence electrons. The quantitative estimate of drug-likeness (QED) is 0.749. The molecule has 0 amide bonds. The van der Waals surface area contributed by atoms with Crippen LogP contribution >= 0.6 is 0 Å². The van der Waals surface area contributed by atoms with E-state index in [9.17, 15) is 0 Å². The van der Waals surface area contributed by atoms with Crippen LogP contribution in [-0.2, 0) is 13.1 Å². The Hall–Kier alpha value is -2.12. The third-order valence-corrected chi connectivity index (χ3v) is 2.03. The van der Waals surface area contributed by atoms with Gasteiger partial charge in [0.15, 0.2) is 0 Å². The molecule has 0 saturated carbocycles. The fourth-order valence-electron chi connectivity index (χ4n) is 1.27. The van der Waals surface area contributed by atoms with Crippen LogP contribution in [0.1, 0.15) is 11.4 Å². The molecule has 0 saturated heterocycles. The van der Waals surface area contributed by atoms with Crippen LogP contribution in [0.5, 0.6) is 0 Å². The van der Waals surface area contributed by atoms with E-state index >= 15 is 0 Å². The van der Waals surface area contributed by atoms with Gasteiger partial charge >= 0.3 is 0 Å². The van der Waals surface area contributed by atoms with Gasteiger partial charge in [-0.25, -0.2) is 4.98 Å². The van der Waals surface area contributed by atoms with Crippen LogP contribution in [0, 0.1) is 11.8 Å². The van der Waals surface area contributed by atoms with Crippen LogP contribution in [0.15, 0.2) is 36.7 Å². The average Bonchev–Trinajstić information content (AvgIpc) is 2.82. The SMILES string of the molecule is NCc1cccc(C#CCn2cccn2)n1. The van der Waals surface area contributed by atoms with Gasteiger partial charge in [0.1, 0.15) is 12.2 Å². The van der Waals surface area contributed by atoms with Gasteiger partial charge in [-0.1, -0.05) is 12.0 Å². The highest BCUT2D eigenvalue weighted by Gasteiger charge is 1.91. The van der Waals surface area contributed by atoms with Crippen molar-refractivity contribution >= 4 is 0 Å². The normalized spacial score (nSPS) is 9.56. The highest BCUT2D eigenvalue weighted by molar-refractivity contribution is 5.28. The number of hydrogen-bond acceptors (Lipinski definition) is 3. The molecule has 4 nitrogen and oxygen atoms in total. The van der Waals surface area contributed by atoms with Gasteiger partial charge in [-0.05, 0) is 24.1 Å². The summed E-state index contributed by atoms with van der Waals surface area (Å²) in [6.07, 6.45) is 3.60. The maximum Gasteiger partial charge on any atom is 0.113 e. The van der Waals surface area contributed by atoms with Crippen molar-refractivity contribution in [2.24, 2.45) is 5.73 Å². The lowest BCUT2D eigenvalue weighted by molar-refractivity contribution is 0.715. The minimum Gasteiger partial charge on any atom is -0.325 e. The van der Waals surface area contributed by atoms with Crippen LogP contribution < -0.4 is 5.73 Å². The van der Waals surface area contributed by atoms with E-state index in [0.29, 0.717) is 13.1 Å². The van der Waals surface area contributed by atoms with E-state index in [1.54, 1.807) is 10.9 Å². The Morgan fingerprint density at radius 3 is 3.00 bits per heavy atom. The second kappa shape index (κ2) is 5.10. The maximum absolute atomic E-state index is 5.50. The molecule has 2 heterocycles. The third-order valence-electron chi connectivity index (χ3n) is 2.03. The van der Waals surface area contributed by atoms with Crippen molar-refractivity contribution in [3.8, 4) is 11.8 Å². The molecular formula is C12H12N4. The number of nitrogens with zero attached hydrogens (tertiary/aromatic N) is 3. The topological polar surface area (TPSA) is 56.7 Å². The lowest BCUT2D eigenvalue weighted by Gasteiger charge is -1.95. The number of pyridine rings is 1. The van der Waals surface area contributed by atoms with Gasteiger partial charge in [0.2, 0.25) is 0 Å². The zero-order chi connectivity index (χ0) is 11.2. The van der Waals surface area contributed by atoms with E-state index in [2.05, 4.69) is 21.9 Å². The van der Waals surface area contributed by atoms with Gasteiger partial charge in [-0.15, -0.1) is 0 Å². The van der Waals surface area contributed by atoms with Gasteiger partial charge in [-0.3, -0.25) is 4.68 Å². The predicted octanol–water partition coefficient (Wildman–Crippen LogP) is 0.788. The lowest BCUT2D eigenvalue weighted by Crippen LogP contribution is -2.00. The summed E-state index contributed by atoms with van der Waals surface area (Å²) in [4.78, 5) is 4.28. The van der Waals surface area contributed by atoms with Crippen molar-refractivity contribution in [3.63, 3.8) is 0 Å². The first-order valence-corrected chi connectivity index (χ1v) is 5.01. The molecule has 0 aliphatic heterocycles. The van der Waals surface area contributed by atoms with Gasteiger partial charge in [0.25, 0.3) is 0 Å². The van der Waals surface area contributed by atoms with E-state index in [-0.39, 0.29) is 0 Å². The van der Waals surface area contributed by atoms with Crippen LogP contribution in [0.25, 0.3) is 0 Å². The number of nitrogens with two attached hydrogens (primary N) is 1. The van der Waals surface area contributed by atoms with Crippen molar-refractivity contribution in [2.75, 3.05) is 0 Å². The summed E-state index contributed by atoms with van der Waals surface area (Å²) in [5.74, 6) is 5.98. The Morgan fingerprint density at radius 2 is 2.25 bits per heavy atom. The molecule has 0 aliphatic rings. The average molecular weight is 212 g/mol. The van der Waals surface area contributed by atoms with E-state index in [1.807, 2.05) is 30.5 Å². The third kappa shape index (κ3) is 2.69. The second-order valence-electron chi connectivity index (χ2n) is 3.22. The predicted molar refractivity (Wildman–Crippen MR) is 61.2 cm³/mol. The first-order valence-electron chi connectivity index (χ1n) is 5.01. The number of aromatic nitrogens is 3. The van der Waals surface area contributed by atoms with Crippen molar-refractivity contribution < 1.29 is 0 Å². The zero-order valence-electron chi connectivity index (χ0n) is 8.80. The Labute approximate surface area is 94.1 Å². The summed E-state index contributed by atoms with van der Waals surface area (Å²) in [5.41, 5.74) is 7.10. The molecule has 0 radical (unpaired) electrons. The van der Waals surface area contributed by atoms with E-state index in [0.717, 1.165) is 11.4 Å². The van der Waals surface area contributed by atoms with Crippen LogP contribution in [0.2, 0.25) is 0 Å². The number of hydrogen-bond donors (Lipinski definition) is 1. The Kier molecular flexibility index (Phi) is 3.31. The molecule has 0 aromatic carbocycles. The molecule has 2 N–H and O–H groups in total. The van der Waals surface area contributed by atoms with Crippen LogP contribution in [-0.4, -0.2) is 14.8 Å². The second-order valence-corrected chi connectivity index (χ2v) is 3.22. The van der Waals surface area contributed by atoms with Crippen molar-refractivity contribution in [3.05, 3.63) is 48.0 Å². The van der Waals surface area contributed by atoms with E-state index in [4.69, 9.17) is 5.73 Å². The summed E-state index contributed by atoms with van der Waals surface area (Å²) >= 11 is 0. The minimum absolute atomic E-state index is 0.439. The number of rotatable bonds is 2. The minimum atomic E-state index is 0.439. The van der Waals surface area contributed by atoms with E-state index in [1.165, 1.54) is 0 Å². The monoisotopic (exact) mass is 212 g/mol. The standard InChI is InChI=1S/C12H12N4/c13-10-12-5-1-4-11(15-12)6-2-8-16-9-3-7-14-16/h1,3-5,7,9H,8,10,13H2. The highest BCUT2D eigenvalue weighted by Crippen LogP contribution is 1.96. The summed E-state index contributed by atoms with van der Waals surface area (Å²) in [6.45, 7) is 1.01. The Bertz CT molecular complexity index is 505. The van der Waals surface area contributed by atoms with Crippen molar-refractivity contribution in [1.29, 1.82) is 0 Å². The molecule has 2 aromatic rings. The molecule has 0 aliphatic carbocycles. The first-order chi connectivity index (χ1) is 7.88. The van der Waals surface area contributed by atoms with Gasteiger partial charge < -0.3 is 5.73 Å². The molecule has 2 rings (SSSR count). The molecule has 4 heteroatoms. The fourth-order valence-corrected chi connectivity index (χ4v) is 1.27. The van der Waals surface area contributed by atoms with Crippen LogP contribution in [0.4, 0.5) is 0 Å². The van der Waals surface area contributed by atoms with Gasteiger partial charge in [0.05, 0.1) is 5.69 Å². The van der Waals surface area contributed by atoms with Crippen LogP contribution in [0.3, 0.4) is 0 Å². The summed E-state index contributed by atoms with van der Waals surface area (Å²) in [5, 5.41) is 4.05. The summed E-state index contributed by atoms with van der Waals surface area (Å²) in [6, 6.07) is 7.54. The molecule has 2 aromatic heterocycles. The van der Waals surface area contributed by atoms with Gasteiger partial charge in [-0.2, -0.15) is 5.10 Å².